The SMILES string of the molecule is CCC(C)(C)c1ccc(N(c2ccc(C(C)(C)CC)cc2)c2cc(Br)c(Cl)c(Br)c2)cc1. The third kappa shape index (κ3) is 5.26. The zero-order valence-corrected chi connectivity index (χ0v) is 23.7. The van der Waals surface area contributed by atoms with Gasteiger partial charge in [-0.25, -0.2) is 0 Å². The Bertz CT molecular complexity index is 987. The van der Waals surface area contributed by atoms with E-state index in [0.29, 0.717) is 5.02 Å². The van der Waals surface area contributed by atoms with E-state index in [1.54, 1.807) is 0 Å². The number of hydrogen-bond acceptors (Lipinski definition) is 1. The molecule has 0 saturated heterocycles. The molecule has 3 rings (SSSR count). The Morgan fingerprint density at radius 1 is 0.656 bits per heavy atom. The van der Waals surface area contributed by atoms with E-state index in [0.717, 1.165) is 38.8 Å². The number of nitrogens with zero attached hydrogens (tertiary/aromatic N) is 1. The van der Waals surface area contributed by atoms with Crippen molar-refractivity contribution < 1.29 is 0 Å². The summed E-state index contributed by atoms with van der Waals surface area (Å²) in [5, 5.41) is 0.675. The Morgan fingerprint density at radius 2 is 1.00 bits per heavy atom. The number of anilines is 3. The quantitative estimate of drug-likeness (QED) is 0.253. The maximum atomic E-state index is 6.41. The van der Waals surface area contributed by atoms with E-state index in [-0.39, 0.29) is 10.8 Å². The van der Waals surface area contributed by atoms with E-state index in [1.807, 2.05) is 0 Å². The molecule has 0 aromatic heterocycles. The van der Waals surface area contributed by atoms with Crippen LogP contribution in [0.4, 0.5) is 17.1 Å². The number of benzene rings is 3. The lowest BCUT2D eigenvalue weighted by Crippen LogP contribution is -2.17. The molecule has 32 heavy (non-hydrogen) atoms. The van der Waals surface area contributed by atoms with E-state index >= 15 is 0 Å². The molecule has 1 nitrogen and oxygen atoms in total. The second-order valence-electron chi connectivity index (χ2n) is 9.63. The van der Waals surface area contributed by atoms with Crippen LogP contribution in [0.1, 0.15) is 65.5 Å². The van der Waals surface area contributed by atoms with Crippen molar-refractivity contribution in [3.8, 4) is 0 Å². The Balaban J connectivity index is 2.13. The minimum atomic E-state index is 0.156. The van der Waals surface area contributed by atoms with Gasteiger partial charge in [-0.2, -0.15) is 0 Å². The highest BCUT2D eigenvalue weighted by molar-refractivity contribution is 9.11. The molecule has 0 N–H and O–H groups in total. The first-order valence-electron chi connectivity index (χ1n) is 11.2. The topological polar surface area (TPSA) is 3.24 Å². The van der Waals surface area contributed by atoms with Gasteiger partial charge in [0.1, 0.15) is 0 Å². The largest absolute Gasteiger partial charge is 0.310 e. The van der Waals surface area contributed by atoms with Crippen LogP contribution in [-0.2, 0) is 10.8 Å². The predicted octanol–water partition coefficient (Wildman–Crippen LogP) is 10.7. The van der Waals surface area contributed by atoms with Crippen molar-refractivity contribution in [2.75, 3.05) is 4.90 Å². The Morgan fingerprint density at radius 3 is 1.31 bits per heavy atom. The van der Waals surface area contributed by atoms with Crippen LogP contribution in [0.3, 0.4) is 0 Å². The average Bonchev–Trinajstić information content (AvgIpc) is 2.78. The maximum absolute atomic E-state index is 6.41. The van der Waals surface area contributed by atoms with Gasteiger partial charge in [0.25, 0.3) is 0 Å². The molecule has 0 bridgehead atoms. The van der Waals surface area contributed by atoms with Crippen LogP contribution in [0.15, 0.2) is 69.6 Å². The van der Waals surface area contributed by atoms with E-state index < -0.39 is 0 Å². The van der Waals surface area contributed by atoms with Crippen molar-refractivity contribution in [3.63, 3.8) is 0 Å². The van der Waals surface area contributed by atoms with Gasteiger partial charge in [0, 0.05) is 26.0 Å². The van der Waals surface area contributed by atoms with E-state index in [9.17, 15) is 0 Å². The summed E-state index contributed by atoms with van der Waals surface area (Å²) in [6, 6.07) is 22.0. The minimum absolute atomic E-state index is 0.156. The molecule has 4 heteroatoms. The minimum Gasteiger partial charge on any atom is -0.310 e. The van der Waals surface area contributed by atoms with Crippen LogP contribution < -0.4 is 4.90 Å². The molecular weight excluding hydrogens is 546 g/mol. The first-order valence-corrected chi connectivity index (χ1v) is 13.1. The summed E-state index contributed by atoms with van der Waals surface area (Å²) in [7, 11) is 0. The molecule has 0 fully saturated rings. The predicted molar refractivity (Wildman–Crippen MR) is 148 cm³/mol. The Labute approximate surface area is 215 Å². The Hall–Kier alpha value is -1.29. The summed E-state index contributed by atoms with van der Waals surface area (Å²) in [5.74, 6) is 0. The molecule has 0 heterocycles. The summed E-state index contributed by atoms with van der Waals surface area (Å²) in [6.45, 7) is 13.6. The fourth-order valence-electron chi connectivity index (χ4n) is 3.65. The molecule has 0 amide bonds. The highest BCUT2D eigenvalue weighted by Crippen LogP contribution is 2.42. The molecule has 0 saturated carbocycles. The van der Waals surface area contributed by atoms with Crippen LogP contribution >= 0.6 is 43.5 Å². The van der Waals surface area contributed by atoms with Gasteiger partial charge in [-0.15, -0.1) is 0 Å². The van der Waals surface area contributed by atoms with Crippen molar-refractivity contribution in [2.24, 2.45) is 0 Å². The van der Waals surface area contributed by atoms with Gasteiger partial charge < -0.3 is 4.90 Å². The molecule has 0 atom stereocenters. The third-order valence-corrected chi connectivity index (χ3v) is 8.92. The summed E-state index contributed by atoms with van der Waals surface area (Å²) < 4.78 is 1.72. The van der Waals surface area contributed by atoms with Crippen molar-refractivity contribution >= 4 is 60.5 Å². The average molecular weight is 578 g/mol. The second kappa shape index (κ2) is 9.91. The number of hydrogen-bond donors (Lipinski definition) is 0. The summed E-state index contributed by atoms with van der Waals surface area (Å²) in [4.78, 5) is 2.28. The molecule has 0 spiro atoms. The lowest BCUT2D eigenvalue weighted by atomic mass is 9.82. The van der Waals surface area contributed by atoms with Crippen molar-refractivity contribution in [3.05, 3.63) is 85.8 Å². The molecule has 3 aromatic rings. The van der Waals surface area contributed by atoms with Crippen molar-refractivity contribution in [1.29, 1.82) is 0 Å². The van der Waals surface area contributed by atoms with E-state index in [4.69, 9.17) is 11.6 Å². The smallest absolute Gasteiger partial charge is 0.0691 e. The Kier molecular flexibility index (Phi) is 7.85. The van der Waals surface area contributed by atoms with E-state index in [2.05, 4.69) is 139 Å². The lowest BCUT2D eigenvalue weighted by Gasteiger charge is -2.29. The van der Waals surface area contributed by atoms with Gasteiger partial charge in [-0.05, 0) is 103 Å². The van der Waals surface area contributed by atoms with Gasteiger partial charge >= 0.3 is 0 Å². The van der Waals surface area contributed by atoms with Crippen LogP contribution in [0.2, 0.25) is 5.02 Å². The van der Waals surface area contributed by atoms with Gasteiger partial charge in [-0.3, -0.25) is 0 Å². The maximum Gasteiger partial charge on any atom is 0.0691 e. The normalized spacial score (nSPS) is 12.2. The fourth-order valence-corrected chi connectivity index (χ4v) is 4.92. The van der Waals surface area contributed by atoms with Gasteiger partial charge in [0.15, 0.2) is 0 Å². The number of rotatable bonds is 7. The monoisotopic (exact) mass is 575 g/mol. The van der Waals surface area contributed by atoms with Gasteiger partial charge in [0.05, 0.1) is 5.02 Å². The highest BCUT2D eigenvalue weighted by Gasteiger charge is 2.21. The third-order valence-electron chi connectivity index (χ3n) is 6.81. The summed E-state index contributed by atoms with van der Waals surface area (Å²) in [6.07, 6.45) is 2.20. The lowest BCUT2D eigenvalue weighted by molar-refractivity contribution is 0.506. The van der Waals surface area contributed by atoms with Gasteiger partial charge in [-0.1, -0.05) is 77.4 Å². The van der Waals surface area contributed by atoms with Crippen LogP contribution in [0, 0.1) is 0 Å². The van der Waals surface area contributed by atoms with E-state index in [1.165, 1.54) is 11.1 Å². The molecular formula is C28H32Br2ClN. The first kappa shape index (κ1) is 25.3. The summed E-state index contributed by atoms with van der Waals surface area (Å²) >= 11 is 13.6. The second-order valence-corrected chi connectivity index (χ2v) is 11.7. The highest BCUT2D eigenvalue weighted by atomic mass is 79.9. The van der Waals surface area contributed by atoms with Crippen molar-refractivity contribution in [1.82, 2.24) is 0 Å². The molecule has 0 unspecified atom stereocenters. The zero-order chi connectivity index (χ0) is 23.7. The molecule has 0 aliphatic heterocycles. The van der Waals surface area contributed by atoms with Crippen LogP contribution in [0.5, 0.6) is 0 Å². The molecule has 170 valence electrons. The first-order chi connectivity index (χ1) is 15.0. The zero-order valence-electron chi connectivity index (χ0n) is 19.8. The standard InChI is InChI=1S/C28H32Br2ClN/c1-7-27(3,4)19-9-13-21(14-10-19)32(23-17-24(29)26(31)25(30)18-23)22-15-11-20(12-16-22)28(5,6)8-2/h9-18H,7-8H2,1-6H3. The molecule has 3 aromatic carbocycles. The fraction of sp³-hybridized carbons (Fsp3) is 0.357. The van der Waals surface area contributed by atoms with Gasteiger partial charge in [0.2, 0.25) is 0 Å². The molecule has 0 radical (unpaired) electrons. The van der Waals surface area contributed by atoms with Crippen molar-refractivity contribution in [2.45, 2.75) is 65.2 Å². The van der Waals surface area contributed by atoms with Crippen LogP contribution in [-0.4, -0.2) is 0 Å². The molecule has 0 aliphatic rings. The number of halogens is 3. The summed E-state index contributed by atoms with van der Waals surface area (Å²) in [5.41, 5.74) is 6.28. The van der Waals surface area contributed by atoms with Crippen LogP contribution in [0.25, 0.3) is 0 Å². The molecule has 0 aliphatic carbocycles.